The number of aryl methyl sites for hydroxylation is 1. The van der Waals surface area contributed by atoms with Gasteiger partial charge in [0.2, 0.25) is 0 Å². The lowest BCUT2D eigenvalue weighted by Crippen LogP contribution is -2.20. The maximum Gasteiger partial charge on any atom is 0.122 e. The smallest absolute Gasteiger partial charge is 0.122 e. The molecule has 0 spiro atoms. The lowest BCUT2D eigenvalue weighted by molar-refractivity contribution is 0.410. The van der Waals surface area contributed by atoms with Crippen molar-refractivity contribution in [2.24, 2.45) is 5.73 Å². The predicted octanol–water partition coefficient (Wildman–Crippen LogP) is 2.84. The summed E-state index contributed by atoms with van der Waals surface area (Å²) < 4.78 is 5.40. The number of methoxy groups -OCH3 is 1. The van der Waals surface area contributed by atoms with E-state index in [9.17, 15) is 0 Å². The van der Waals surface area contributed by atoms with Gasteiger partial charge in [0.05, 0.1) is 7.11 Å². The molecular weight excluding hydrogens is 236 g/mol. The number of hydrogen-bond acceptors (Lipinski definition) is 3. The van der Waals surface area contributed by atoms with Crippen LogP contribution in [0.2, 0.25) is 0 Å². The van der Waals surface area contributed by atoms with E-state index in [-0.39, 0.29) is 0 Å². The molecule has 3 N–H and O–H groups in total. The molecule has 3 heteroatoms. The highest BCUT2D eigenvalue weighted by molar-refractivity contribution is 5.48. The first-order valence-electron chi connectivity index (χ1n) is 7.07. The molecule has 0 fully saturated rings. The Morgan fingerprint density at radius 2 is 1.95 bits per heavy atom. The summed E-state index contributed by atoms with van der Waals surface area (Å²) in [6.07, 6.45) is 2.21. The Hall–Kier alpha value is -1.06. The van der Waals surface area contributed by atoms with Crippen LogP contribution in [0.3, 0.4) is 0 Å². The summed E-state index contributed by atoms with van der Waals surface area (Å²) in [7, 11) is 1.73. The van der Waals surface area contributed by atoms with Gasteiger partial charge in [0.1, 0.15) is 5.75 Å². The van der Waals surface area contributed by atoms with Crippen LogP contribution in [0.15, 0.2) is 6.07 Å². The van der Waals surface area contributed by atoms with Gasteiger partial charge >= 0.3 is 0 Å². The van der Waals surface area contributed by atoms with Gasteiger partial charge in [-0.05, 0) is 75.4 Å². The summed E-state index contributed by atoms with van der Waals surface area (Å²) in [5.74, 6) is 0.982. The molecule has 1 atom stereocenters. The first kappa shape index (κ1) is 16.0. The zero-order valence-electron chi connectivity index (χ0n) is 13.0. The average molecular weight is 264 g/mol. The normalized spacial score (nSPS) is 12.5. The maximum absolute atomic E-state index is 5.74. The number of nitrogens with one attached hydrogen (secondary N) is 1. The van der Waals surface area contributed by atoms with Crippen molar-refractivity contribution in [3.8, 4) is 5.75 Å². The molecule has 19 heavy (non-hydrogen) atoms. The third kappa shape index (κ3) is 4.51. The van der Waals surface area contributed by atoms with E-state index in [0.717, 1.165) is 31.7 Å². The highest BCUT2D eigenvalue weighted by Gasteiger charge is 2.10. The first-order chi connectivity index (χ1) is 8.97. The van der Waals surface area contributed by atoms with E-state index in [2.05, 4.69) is 39.1 Å². The third-order valence-electron chi connectivity index (χ3n) is 3.74. The van der Waals surface area contributed by atoms with Crippen molar-refractivity contribution in [1.29, 1.82) is 0 Å². The molecule has 0 aliphatic rings. The van der Waals surface area contributed by atoms with E-state index in [1.165, 1.54) is 22.3 Å². The van der Waals surface area contributed by atoms with Crippen LogP contribution in [-0.4, -0.2) is 19.7 Å². The van der Waals surface area contributed by atoms with Crippen molar-refractivity contribution < 1.29 is 4.74 Å². The Balaban J connectivity index is 2.61. The third-order valence-corrected chi connectivity index (χ3v) is 3.74. The monoisotopic (exact) mass is 264 g/mol. The molecule has 1 unspecified atom stereocenters. The fourth-order valence-corrected chi connectivity index (χ4v) is 2.35. The molecule has 0 aliphatic carbocycles. The van der Waals surface area contributed by atoms with Gasteiger partial charge in [-0.15, -0.1) is 0 Å². The average Bonchev–Trinajstić information content (AvgIpc) is 2.36. The molecule has 0 saturated carbocycles. The molecule has 0 aromatic heterocycles. The zero-order chi connectivity index (χ0) is 14.4. The van der Waals surface area contributed by atoms with Crippen LogP contribution in [0, 0.1) is 20.8 Å². The second-order valence-corrected chi connectivity index (χ2v) is 5.42. The minimum atomic E-state index is 0.300. The molecule has 0 saturated heterocycles. The summed E-state index contributed by atoms with van der Waals surface area (Å²) >= 11 is 0. The van der Waals surface area contributed by atoms with E-state index >= 15 is 0 Å². The van der Waals surface area contributed by atoms with E-state index in [1.807, 2.05) is 0 Å². The summed E-state index contributed by atoms with van der Waals surface area (Å²) in [5.41, 5.74) is 11.0. The molecule has 0 amide bonds. The Labute approximate surface area is 117 Å². The van der Waals surface area contributed by atoms with Crippen molar-refractivity contribution in [2.45, 2.75) is 53.1 Å². The van der Waals surface area contributed by atoms with Gasteiger partial charge < -0.3 is 15.8 Å². The quantitative estimate of drug-likeness (QED) is 0.744. The molecule has 1 rings (SSSR count). The summed E-state index contributed by atoms with van der Waals surface area (Å²) in [6.45, 7) is 10.4. The number of hydrogen-bond donors (Lipinski definition) is 2. The molecular formula is C16H28N2O. The van der Waals surface area contributed by atoms with Crippen molar-refractivity contribution >= 4 is 0 Å². The van der Waals surface area contributed by atoms with Crippen LogP contribution in [-0.2, 0) is 6.54 Å². The van der Waals surface area contributed by atoms with Crippen molar-refractivity contribution in [3.63, 3.8) is 0 Å². The second kappa shape index (κ2) is 7.51. The standard InChI is InChI=1S/C16H28N2O/c1-11-9-16(19-5)14(4)13(3)15(11)10-18-8-6-7-12(2)17/h9,12,18H,6-8,10,17H2,1-5H3. The van der Waals surface area contributed by atoms with Crippen LogP contribution in [0.1, 0.15) is 42.0 Å². The number of nitrogens with two attached hydrogens (primary N) is 1. The van der Waals surface area contributed by atoms with Gasteiger partial charge in [-0.1, -0.05) is 0 Å². The van der Waals surface area contributed by atoms with Gasteiger partial charge in [0, 0.05) is 12.6 Å². The van der Waals surface area contributed by atoms with Crippen LogP contribution in [0.5, 0.6) is 5.75 Å². The van der Waals surface area contributed by atoms with Gasteiger partial charge in [-0.3, -0.25) is 0 Å². The summed E-state index contributed by atoms with van der Waals surface area (Å²) in [4.78, 5) is 0. The van der Waals surface area contributed by atoms with Crippen LogP contribution in [0.4, 0.5) is 0 Å². The zero-order valence-corrected chi connectivity index (χ0v) is 13.0. The highest BCUT2D eigenvalue weighted by atomic mass is 16.5. The van der Waals surface area contributed by atoms with E-state index in [0.29, 0.717) is 6.04 Å². The number of ether oxygens (including phenoxy) is 1. The summed E-state index contributed by atoms with van der Waals surface area (Å²) in [6, 6.07) is 2.43. The fraction of sp³-hybridized carbons (Fsp3) is 0.625. The maximum atomic E-state index is 5.74. The van der Waals surface area contributed by atoms with Gasteiger partial charge in [-0.25, -0.2) is 0 Å². The van der Waals surface area contributed by atoms with Gasteiger partial charge in [0.15, 0.2) is 0 Å². The minimum Gasteiger partial charge on any atom is -0.496 e. The minimum absolute atomic E-state index is 0.300. The van der Waals surface area contributed by atoms with Crippen molar-refractivity contribution in [2.75, 3.05) is 13.7 Å². The molecule has 0 aliphatic heterocycles. The highest BCUT2D eigenvalue weighted by Crippen LogP contribution is 2.27. The molecule has 0 heterocycles. The van der Waals surface area contributed by atoms with Gasteiger partial charge in [0.25, 0.3) is 0 Å². The Morgan fingerprint density at radius 3 is 2.53 bits per heavy atom. The summed E-state index contributed by atoms with van der Waals surface area (Å²) in [5, 5.41) is 3.51. The van der Waals surface area contributed by atoms with E-state index < -0.39 is 0 Å². The Kier molecular flexibility index (Phi) is 6.32. The topological polar surface area (TPSA) is 47.3 Å². The Morgan fingerprint density at radius 1 is 1.26 bits per heavy atom. The van der Waals surface area contributed by atoms with E-state index in [1.54, 1.807) is 7.11 Å². The lowest BCUT2D eigenvalue weighted by atomic mass is 9.97. The molecule has 0 bridgehead atoms. The van der Waals surface area contributed by atoms with E-state index in [4.69, 9.17) is 10.5 Å². The van der Waals surface area contributed by atoms with Crippen LogP contribution in [0.25, 0.3) is 0 Å². The molecule has 1 aromatic rings. The first-order valence-corrected chi connectivity index (χ1v) is 7.07. The largest absolute Gasteiger partial charge is 0.496 e. The second-order valence-electron chi connectivity index (χ2n) is 5.42. The number of benzene rings is 1. The van der Waals surface area contributed by atoms with Crippen molar-refractivity contribution in [3.05, 3.63) is 28.3 Å². The molecule has 0 radical (unpaired) electrons. The predicted molar refractivity (Wildman–Crippen MR) is 81.8 cm³/mol. The van der Waals surface area contributed by atoms with Gasteiger partial charge in [-0.2, -0.15) is 0 Å². The molecule has 3 nitrogen and oxygen atoms in total. The number of rotatable bonds is 7. The van der Waals surface area contributed by atoms with Crippen LogP contribution >= 0.6 is 0 Å². The van der Waals surface area contributed by atoms with Crippen molar-refractivity contribution in [1.82, 2.24) is 5.32 Å². The van der Waals surface area contributed by atoms with Crippen LogP contribution < -0.4 is 15.8 Å². The fourth-order valence-electron chi connectivity index (χ4n) is 2.35. The SMILES string of the molecule is COc1cc(C)c(CNCCCC(C)N)c(C)c1C. The Bertz CT molecular complexity index is 414. The molecule has 108 valence electrons. The lowest BCUT2D eigenvalue weighted by Gasteiger charge is -2.16. The molecule has 1 aromatic carbocycles.